The van der Waals surface area contributed by atoms with Gasteiger partial charge in [-0.15, -0.1) is 0 Å². The summed E-state index contributed by atoms with van der Waals surface area (Å²) in [6.07, 6.45) is 1.18. The van der Waals surface area contributed by atoms with E-state index < -0.39 is 0 Å². The predicted octanol–water partition coefficient (Wildman–Crippen LogP) is 1.25. The van der Waals surface area contributed by atoms with Crippen LogP contribution in [0.15, 0.2) is 0 Å². The fourth-order valence-corrected chi connectivity index (χ4v) is 0.118. The lowest BCUT2D eigenvalue weighted by atomic mass is 10.3. The van der Waals surface area contributed by atoms with Gasteiger partial charge < -0.3 is 4.74 Å². The van der Waals surface area contributed by atoms with Crippen LogP contribution >= 0.6 is 0 Å². The average Bonchev–Trinajstić information content (AvgIpc) is 1.65. The van der Waals surface area contributed by atoms with Gasteiger partial charge in [-0.05, 0) is 13.3 Å². The summed E-state index contributed by atoms with van der Waals surface area (Å²) in [4.78, 5) is 0. The highest BCUT2D eigenvalue weighted by molar-refractivity contribution is 4.47. The van der Waals surface area contributed by atoms with Crippen molar-refractivity contribution in [1.82, 2.24) is 0 Å². The monoisotopic (exact) mass is 87.1 g/mol. The Bertz CT molecular complexity index is 23.1. The van der Waals surface area contributed by atoms with Crippen LogP contribution in [-0.4, -0.2) is 13.2 Å². The van der Waals surface area contributed by atoms with Crippen molar-refractivity contribution in [2.45, 2.75) is 19.4 Å². The van der Waals surface area contributed by atoms with Gasteiger partial charge in [-0.3, -0.25) is 0 Å². The quantitative estimate of drug-likeness (QED) is 0.492. The van der Waals surface area contributed by atoms with Gasteiger partial charge in [0.05, 0.1) is 6.10 Å². The Morgan fingerprint density at radius 3 is 2.33 bits per heavy atom. The summed E-state index contributed by atoms with van der Waals surface area (Å²) in [5.74, 6) is 0. The highest BCUT2D eigenvalue weighted by atomic mass is 16.5. The van der Waals surface area contributed by atoms with E-state index in [1.807, 2.05) is 6.92 Å². The van der Waals surface area contributed by atoms with Gasteiger partial charge in [0, 0.05) is 7.11 Å². The van der Waals surface area contributed by atoms with Crippen molar-refractivity contribution >= 4 is 0 Å². The van der Waals surface area contributed by atoms with Crippen LogP contribution in [0.3, 0.4) is 0 Å². The van der Waals surface area contributed by atoms with Crippen LogP contribution < -0.4 is 0 Å². The molecule has 1 nitrogen and oxygen atoms in total. The maximum atomic E-state index is 4.84. The van der Waals surface area contributed by atoms with Crippen molar-refractivity contribution in [1.29, 1.82) is 0 Å². The molecule has 0 aromatic rings. The third kappa shape index (κ3) is 2.21. The van der Waals surface area contributed by atoms with Crippen molar-refractivity contribution < 1.29 is 4.74 Å². The zero-order chi connectivity index (χ0) is 4.99. The molecule has 0 aliphatic heterocycles. The molecule has 1 atom stereocenters. The first-order chi connectivity index (χ1) is 2.81. The fraction of sp³-hybridized carbons (Fsp3) is 0.800. The summed E-state index contributed by atoms with van der Waals surface area (Å²) in [5, 5.41) is 0. The molecule has 0 aliphatic carbocycles. The van der Waals surface area contributed by atoms with Crippen molar-refractivity contribution in [3.63, 3.8) is 0 Å². The molecule has 6 heavy (non-hydrogen) atoms. The van der Waals surface area contributed by atoms with Gasteiger partial charge >= 0.3 is 0 Å². The third-order valence-corrected chi connectivity index (χ3v) is 0.809. The van der Waals surface area contributed by atoms with Crippen LogP contribution in [0, 0.1) is 6.92 Å². The first-order valence-corrected chi connectivity index (χ1v) is 2.13. The fourth-order valence-electron chi connectivity index (χ4n) is 0.118. The molecule has 0 amide bonds. The minimum Gasteiger partial charge on any atom is -0.382 e. The topological polar surface area (TPSA) is 9.23 Å². The van der Waals surface area contributed by atoms with Crippen LogP contribution in [-0.2, 0) is 4.74 Å². The Balaban J connectivity index is 2.75. The van der Waals surface area contributed by atoms with E-state index in [0.29, 0.717) is 6.10 Å². The molecular weight excluding hydrogens is 76.1 g/mol. The minimum atomic E-state index is 0.324. The Kier molecular flexibility index (Phi) is 3.14. The number of hydrogen-bond acceptors (Lipinski definition) is 1. The smallest absolute Gasteiger partial charge is 0.0543 e. The Labute approximate surface area is 39.3 Å². The number of methoxy groups -OCH3 is 1. The number of rotatable bonds is 2. The van der Waals surface area contributed by atoms with E-state index in [0.717, 1.165) is 6.42 Å². The van der Waals surface area contributed by atoms with Gasteiger partial charge in [0.25, 0.3) is 0 Å². The molecule has 0 aromatic carbocycles. The molecule has 0 spiro atoms. The molecule has 0 aromatic heterocycles. The molecule has 0 saturated heterocycles. The Morgan fingerprint density at radius 1 is 1.83 bits per heavy atom. The Morgan fingerprint density at radius 2 is 2.33 bits per heavy atom. The van der Waals surface area contributed by atoms with E-state index in [9.17, 15) is 0 Å². The van der Waals surface area contributed by atoms with Crippen LogP contribution in [0.5, 0.6) is 0 Å². The summed E-state index contributed by atoms with van der Waals surface area (Å²) >= 11 is 0. The molecule has 0 aliphatic rings. The predicted molar refractivity (Wildman–Crippen MR) is 26.4 cm³/mol. The summed E-state index contributed by atoms with van der Waals surface area (Å²) in [6.45, 7) is 5.62. The van der Waals surface area contributed by atoms with Gasteiger partial charge in [-0.1, -0.05) is 6.92 Å². The summed E-state index contributed by atoms with van der Waals surface area (Å²) in [6, 6.07) is 0. The SMILES string of the molecule is [CH2]C[C@@H](C)OC. The molecule has 0 saturated carbocycles. The van der Waals surface area contributed by atoms with E-state index in [1.54, 1.807) is 7.11 Å². The van der Waals surface area contributed by atoms with E-state index >= 15 is 0 Å². The third-order valence-electron chi connectivity index (χ3n) is 0.809. The van der Waals surface area contributed by atoms with Crippen LogP contribution in [0.25, 0.3) is 0 Å². The minimum absolute atomic E-state index is 0.324. The lowest BCUT2D eigenvalue weighted by Gasteiger charge is -2.01. The van der Waals surface area contributed by atoms with Gasteiger partial charge in [-0.25, -0.2) is 0 Å². The number of hydrogen-bond donors (Lipinski definition) is 0. The van der Waals surface area contributed by atoms with Crippen molar-refractivity contribution in [3.8, 4) is 0 Å². The molecule has 0 heterocycles. The summed E-state index contributed by atoms with van der Waals surface area (Å²) in [7, 11) is 1.69. The molecule has 37 valence electrons. The molecule has 1 radical (unpaired) electrons. The molecular formula is C5H11O. The molecule has 1 heteroatoms. The van der Waals surface area contributed by atoms with Crippen LogP contribution in [0.2, 0.25) is 0 Å². The van der Waals surface area contributed by atoms with E-state index in [-0.39, 0.29) is 0 Å². The van der Waals surface area contributed by atoms with Crippen molar-refractivity contribution in [3.05, 3.63) is 6.92 Å². The molecule has 0 unspecified atom stereocenters. The normalized spacial score (nSPS) is 14.5. The van der Waals surface area contributed by atoms with E-state index in [4.69, 9.17) is 4.74 Å². The van der Waals surface area contributed by atoms with Gasteiger partial charge in [0.15, 0.2) is 0 Å². The summed E-state index contributed by atoms with van der Waals surface area (Å²) < 4.78 is 4.84. The van der Waals surface area contributed by atoms with E-state index in [1.165, 1.54) is 0 Å². The van der Waals surface area contributed by atoms with Gasteiger partial charge in [-0.2, -0.15) is 0 Å². The van der Waals surface area contributed by atoms with Crippen molar-refractivity contribution in [2.24, 2.45) is 0 Å². The standard InChI is InChI=1S/C5H11O/c1-4-5(2)6-3/h5H,1,4H2,2-3H3/t5-/m1/s1. The highest BCUT2D eigenvalue weighted by Gasteiger charge is 1.88. The zero-order valence-electron chi connectivity index (χ0n) is 4.40. The first kappa shape index (κ1) is 5.96. The zero-order valence-corrected chi connectivity index (χ0v) is 4.40. The van der Waals surface area contributed by atoms with E-state index in [2.05, 4.69) is 6.92 Å². The maximum Gasteiger partial charge on any atom is 0.0543 e. The summed E-state index contributed by atoms with van der Waals surface area (Å²) in [5.41, 5.74) is 0. The highest BCUT2D eigenvalue weighted by Crippen LogP contribution is 1.89. The molecule has 0 rings (SSSR count). The molecule has 0 bridgehead atoms. The van der Waals surface area contributed by atoms with Crippen LogP contribution in [0.1, 0.15) is 13.3 Å². The lowest BCUT2D eigenvalue weighted by Crippen LogP contribution is -2.00. The van der Waals surface area contributed by atoms with Gasteiger partial charge in [0.2, 0.25) is 0 Å². The lowest BCUT2D eigenvalue weighted by molar-refractivity contribution is 0.120. The average molecular weight is 87.1 g/mol. The largest absolute Gasteiger partial charge is 0.382 e. The molecule has 0 fully saturated rings. The van der Waals surface area contributed by atoms with Crippen LogP contribution in [0.4, 0.5) is 0 Å². The second kappa shape index (κ2) is 3.16. The second-order valence-corrected chi connectivity index (χ2v) is 1.33. The first-order valence-electron chi connectivity index (χ1n) is 2.13. The Hall–Kier alpha value is -0.0400. The molecule has 0 N–H and O–H groups in total. The number of ether oxygens (including phenoxy) is 1. The van der Waals surface area contributed by atoms with Gasteiger partial charge in [0.1, 0.15) is 0 Å². The van der Waals surface area contributed by atoms with Crippen molar-refractivity contribution in [2.75, 3.05) is 7.11 Å². The second-order valence-electron chi connectivity index (χ2n) is 1.33. The maximum absolute atomic E-state index is 4.84.